The molecule has 0 bridgehead atoms. The van der Waals surface area contributed by atoms with Gasteiger partial charge in [-0.15, -0.1) is 0 Å². The maximum atomic E-state index is 12.7. The van der Waals surface area contributed by atoms with Crippen LogP contribution in [0.15, 0.2) is 41.4 Å². The molecule has 11 heteroatoms. The number of carbonyl (C=O) groups is 1. The van der Waals surface area contributed by atoms with Crippen LogP contribution in [0.2, 0.25) is 0 Å². The van der Waals surface area contributed by atoms with Crippen LogP contribution in [0, 0.1) is 0 Å². The third-order valence-corrected chi connectivity index (χ3v) is 3.78. The monoisotopic (exact) mass is 361 g/mol. The van der Waals surface area contributed by atoms with Gasteiger partial charge >= 0.3 is 12.1 Å². The molecule has 0 unspecified atom stereocenters. The number of nitrogens with one attached hydrogen (secondary N) is 1. The molecule has 24 heavy (non-hydrogen) atoms. The van der Waals surface area contributed by atoms with Crippen LogP contribution < -0.4 is 10.5 Å². The van der Waals surface area contributed by atoms with Crippen molar-refractivity contribution >= 4 is 27.5 Å². The molecular formula is C13H10F3N3O4S. The number of sulfonamides is 1. The maximum absolute atomic E-state index is 12.7. The molecule has 128 valence electrons. The number of anilines is 2. The molecule has 1 aromatic heterocycles. The van der Waals surface area contributed by atoms with Gasteiger partial charge in [-0.2, -0.15) is 13.2 Å². The van der Waals surface area contributed by atoms with Crippen LogP contribution >= 0.6 is 0 Å². The third kappa shape index (κ3) is 4.00. The molecule has 2 aromatic rings. The summed E-state index contributed by atoms with van der Waals surface area (Å²) in [6.45, 7) is 0. The molecule has 0 atom stereocenters. The van der Waals surface area contributed by atoms with Crippen molar-refractivity contribution in [2.75, 3.05) is 5.32 Å². The highest BCUT2D eigenvalue weighted by Gasteiger charge is 2.30. The molecule has 0 aliphatic heterocycles. The van der Waals surface area contributed by atoms with E-state index in [1.165, 1.54) is 6.07 Å². The van der Waals surface area contributed by atoms with Crippen LogP contribution in [0.3, 0.4) is 0 Å². The minimum Gasteiger partial charge on any atom is -0.478 e. The van der Waals surface area contributed by atoms with Crippen molar-refractivity contribution in [2.45, 2.75) is 11.1 Å². The first-order valence-electron chi connectivity index (χ1n) is 6.19. The molecule has 0 spiro atoms. The van der Waals surface area contributed by atoms with Crippen molar-refractivity contribution in [1.82, 2.24) is 4.98 Å². The Kier molecular flexibility index (Phi) is 4.49. The summed E-state index contributed by atoms with van der Waals surface area (Å²) in [7, 11) is -4.36. The minimum absolute atomic E-state index is 0.0923. The van der Waals surface area contributed by atoms with E-state index < -0.39 is 38.2 Å². The molecule has 2 rings (SSSR count). The lowest BCUT2D eigenvalue weighted by atomic mass is 10.2. The van der Waals surface area contributed by atoms with E-state index in [0.29, 0.717) is 0 Å². The van der Waals surface area contributed by atoms with Crippen LogP contribution in [0.5, 0.6) is 0 Å². The molecule has 1 heterocycles. The number of nitrogens with zero attached hydrogens (tertiary/aromatic N) is 1. The van der Waals surface area contributed by atoms with Crippen molar-refractivity contribution in [1.29, 1.82) is 0 Å². The van der Waals surface area contributed by atoms with Crippen LogP contribution in [0.4, 0.5) is 24.7 Å². The lowest BCUT2D eigenvalue weighted by Gasteiger charge is -2.12. The van der Waals surface area contributed by atoms with Crippen LogP contribution in [0.1, 0.15) is 15.9 Å². The number of hydrogen-bond acceptors (Lipinski definition) is 5. The summed E-state index contributed by atoms with van der Waals surface area (Å²) in [6, 6.07) is 4.73. The van der Waals surface area contributed by atoms with Gasteiger partial charge in [0.1, 0.15) is 4.90 Å². The lowest BCUT2D eigenvalue weighted by molar-refractivity contribution is -0.137. The van der Waals surface area contributed by atoms with Gasteiger partial charge in [-0.25, -0.2) is 23.3 Å². The highest BCUT2D eigenvalue weighted by Crippen LogP contribution is 2.32. The van der Waals surface area contributed by atoms with Crippen LogP contribution in [0.25, 0.3) is 0 Å². The number of rotatable bonds is 4. The van der Waals surface area contributed by atoms with Crippen molar-refractivity contribution in [3.63, 3.8) is 0 Å². The number of carboxylic acid groups (broad SMARTS) is 1. The number of nitrogens with two attached hydrogens (primary N) is 1. The van der Waals surface area contributed by atoms with Gasteiger partial charge < -0.3 is 10.4 Å². The number of alkyl halides is 3. The predicted molar refractivity (Wildman–Crippen MR) is 77.3 cm³/mol. The van der Waals surface area contributed by atoms with Gasteiger partial charge in [-0.1, -0.05) is 6.07 Å². The van der Waals surface area contributed by atoms with E-state index in [1.54, 1.807) is 0 Å². The first kappa shape index (κ1) is 17.7. The molecule has 0 aliphatic rings. The van der Waals surface area contributed by atoms with Crippen molar-refractivity contribution in [2.24, 2.45) is 5.14 Å². The molecular weight excluding hydrogens is 351 g/mol. The predicted octanol–water partition coefficient (Wildman–Crippen LogP) is 2.19. The number of pyridine rings is 1. The largest absolute Gasteiger partial charge is 0.478 e. The molecule has 0 aliphatic carbocycles. The number of aromatic nitrogens is 1. The van der Waals surface area contributed by atoms with Gasteiger partial charge in [0, 0.05) is 11.9 Å². The summed E-state index contributed by atoms with van der Waals surface area (Å²) in [5, 5.41) is 16.3. The summed E-state index contributed by atoms with van der Waals surface area (Å²) in [6.07, 6.45) is -3.73. The Hall–Kier alpha value is -2.66. The summed E-state index contributed by atoms with van der Waals surface area (Å²) >= 11 is 0. The number of hydrogen-bond donors (Lipinski definition) is 3. The minimum atomic E-state index is -4.58. The highest BCUT2D eigenvalue weighted by molar-refractivity contribution is 7.89. The Morgan fingerprint density at radius 1 is 1.25 bits per heavy atom. The molecule has 0 radical (unpaired) electrons. The fraction of sp³-hybridized carbons (Fsp3) is 0.0769. The average molecular weight is 361 g/mol. The summed E-state index contributed by atoms with van der Waals surface area (Å²) < 4.78 is 61.2. The van der Waals surface area contributed by atoms with E-state index in [1.807, 2.05) is 0 Å². The fourth-order valence-electron chi connectivity index (χ4n) is 1.78. The van der Waals surface area contributed by atoms with Crippen LogP contribution in [-0.4, -0.2) is 24.5 Å². The van der Waals surface area contributed by atoms with E-state index in [2.05, 4.69) is 10.3 Å². The Morgan fingerprint density at radius 2 is 1.92 bits per heavy atom. The zero-order chi connectivity index (χ0) is 18.1. The number of carboxylic acids is 1. The lowest BCUT2D eigenvalue weighted by Crippen LogP contribution is -2.16. The van der Waals surface area contributed by atoms with Crippen LogP contribution in [-0.2, 0) is 16.2 Å². The SMILES string of the molecule is NS(=O)(=O)c1cc(C(=O)O)cnc1Nc1cccc(C(F)(F)F)c1. The van der Waals surface area contributed by atoms with Crippen molar-refractivity contribution in [3.8, 4) is 0 Å². The van der Waals surface area contributed by atoms with E-state index in [-0.39, 0.29) is 11.5 Å². The van der Waals surface area contributed by atoms with Crippen molar-refractivity contribution in [3.05, 3.63) is 47.7 Å². The Bertz CT molecular complexity index is 898. The second-order valence-corrected chi connectivity index (χ2v) is 6.15. The molecule has 7 nitrogen and oxygen atoms in total. The van der Waals surface area contributed by atoms with E-state index in [0.717, 1.165) is 30.5 Å². The summed E-state index contributed by atoms with van der Waals surface area (Å²) in [5.74, 6) is -1.82. The zero-order valence-corrected chi connectivity index (χ0v) is 12.5. The second-order valence-electron chi connectivity index (χ2n) is 4.62. The van der Waals surface area contributed by atoms with Gasteiger partial charge in [-0.3, -0.25) is 0 Å². The third-order valence-electron chi connectivity index (χ3n) is 2.86. The second kappa shape index (κ2) is 6.09. The Balaban J connectivity index is 2.49. The molecule has 0 saturated carbocycles. The number of primary sulfonamides is 1. The van der Waals surface area contributed by atoms with E-state index in [4.69, 9.17) is 10.2 Å². The first-order chi connectivity index (χ1) is 11.0. The van der Waals surface area contributed by atoms with E-state index >= 15 is 0 Å². The molecule has 1 aromatic carbocycles. The van der Waals surface area contributed by atoms with Crippen molar-refractivity contribution < 1.29 is 31.5 Å². The quantitative estimate of drug-likeness (QED) is 0.767. The first-order valence-corrected chi connectivity index (χ1v) is 7.73. The normalized spacial score (nSPS) is 12.0. The average Bonchev–Trinajstić information content (AvgIpc) is 2.45. The van der Waals surface area contributed by atoms with Gasteiger partial charge in [-0.05, 0) is 24.3 Å². The fourth-order valence-corrected chi connectivity index (χ4v) is 2.45. The maximum Gasteiger partial charge on any atom is 0.416 e. The van der Waals surface area contributed by atoms with Gasteiger partial charge in [0.15, 0.2) is 5.82 Å². The molecule has 4 N–H and O–H groups in total. The molecule has 0 fully saturated rings. The number of halogens is 3. The zero-order valence-electron chi connectivity index (χ0n) is 11.7. The standard InChI is InChI=1S/C13H10F3N3O4S/c14-13(15,16)8-2-1-3-9(5-8)19-11-10(24(17,22)23)4-7(6-18-11)12(20)21/h1-6H,(H,18,19)(H,20,21)(H2,17,22,23). The molecule has 0 saturated heterocycles. The number of benzene rings is 1. The topological polar surface area (TPSA) is 122 Å². The smallest absolute Gasteiger partial charge is 0.416 e. The highest BCUT2D eigenvalue weighted by atomic mass is 32.2. The van der Waals surface area contributed by atoms with Gasteiger partial charge in [0.05, 0.1) is 11.1 Å². The van der Waals surface area contributed by atoms with Gasteiger partial charge in [0.25, 0.3) is 0 Å². The summed E-state index contributed by atoms with van der Waals surface area (Å²) in [4.78, 5) is 13.9. The number of aromatic carboxylic acids is 1. The molecule has 0 amide bonds. The Morgan fingerprint density at radius 3 is 2.46 bits per heavy atom. The van der Waals surface area contributed by atoms with Gasteiger partial charge in [0.2, 0.25) is 10.0 Å². The van der Waals surface area contributed by atoms with E-state index in [9.17, 15) is 26.4 Å². The Labute approximate surface area is 134 Å². The summed E-state index contributed by atoms with van der Waals surface area (Å²) in [5.41, 5.74) is -1.48.